The lowest BCUT2D eigenvalue weighted by Crippen LogP contribution is -1.72. The zero-order chi connectivity index (χ0) is 9.42. The normalized spacial score (nSPS) is 11.0. The smallest absolute Gasteiger partial charge is 0.156 e. The Morgan fingerprint density at radius 3 is 2.92 bits per heavy atom. The molecule has 0 bridgehead atoms. The molecule has 0 unspecified atom stereocenters. The van der Waals surface area contributed by atoms with Gasteiger partial charge in [0.1, 0.15) is 3.79 Å². The van der Waals surface area contributed by atoms with E-state index in [0.29, 0.717) is 9.17 Å². The first-order chi connectivity index (χ1) is 6.22. The number of halogens is 2. The van der Waals surface area contributed by atoms with Crippen molar-refractivity contribution in [3.63, 3.8) is 0 Å². The molecule has 0 aliphatic carbocycles. The van der Waals surface area contributed by atoms with Gasteiger partial charge >= 0.3 is 0 Å². The minimum atomic E-state index is -0.143. The van der Waals surface area contributed by atoms with Gasteiger partial charge in [-0.3, -0.25) is 0 Å². The average molecular weight is 277 g/mol. The molecule has 1 heterocycles. The Morgan fingerprint density at radius 1 is 1.46 bits per heavy atom. The molecule has 68 valence electrons. The second-order valence-corrected chi connectivity index (χ2v) is 5.80. The van der Waals surface area contributed by atoms with Crippen LogP contribution in [0.2, 0.25) is 0 Å². The first kappa shape index (κ1) is 9.49. The van der Waals surface area contributed by atoms with E-state index in [9.17, 15) is 4.39 Å². The molecule has 0 N–H and O–H groups in total. The molecule has 13 heavy (non-hydrogen) atoms. The van der Waals surface area contributed by atoms with Crippen LogP contribution in [0.5, 0.6) is 0 Å². The molecule has 0 aliphatic heterocycles. The molecule has 0 atom stereocenters. The van der Waals surface area contributed by atoms with E-state index in [1.807, 2.05) is 24.5 Å². The highest BCUT2D eigenvalue weighted by atomic mass is 79.9. The molecule has 0 saturated carbocycles. The van der Waals surface area contributed by atoms with Crippen molar-refractivity contribution in [2.75, 3.05) is 6.26 Å². The van der Waals surface area contributed by atoms with Crippen LogP contribution in [0.15, 0.2) is 26.9 Å². The SMILES string of the molecule is CSc1ccc2sc(Br)c(F)c2c1. The van der Waals surface area contributed by atoms with Gasteiger partial charge in [-0.25, -0.2) is 4.39 Å². The lowest BCUT2D eigenvalue weighted by atomic mass is 10.2. The summed E-state index contributed by atoms with van der Waals surface area (Å²) in [5.41, 5.74) is 0. The number of fused-ring (bicyclic) bond motifs is 1. The third kappa shape index (κ3) is 1.63. The molecule has 2 aromatic rings. The fourth-order valence-electron chi connectivity index (χ4n) is 1.14. The summed E-state index contributed by atoms with van der Waals surface area (Å²) in [5.74, 6) is -0.143. The maximum absolute atomic E-state index is 13.4. The van der Waals surface area contributed by atoms with Crippen LogP contribution < -0.4 is 0 Å². The average Bonchev–Trinajstić information content (AvgIpc) is 2.43. The lowest BCUT2D eigenvalue weighted by molar-refractivity contribution is 0.638. The number of thioether (sulfide) groups is 1. The quantitative estimate of drug-likeness (QED) is 0.690. The summed E-state index contributed by atoms with van der Waals surface area (Å²) >= 11 is 6.25. The topological polar surface area (TPSA) is 0 Å². The van der Waals surface area contributed by atoms with E-state index in [1.54, 1.807) is 11.8 Å². The van der Waals surface area contributed by atoms with E-state index < -0.39 is 0 Å². The number of hydrogen-bond donors (Lipinski definition) is 0. The Balaban J connectivity index is 2.75. The summed E-state index contributed by atoms with van der Waals surface area (Å²) in [6.45, 7) is 0. The molecule has 0 amide bonds. The Hall–Kier alpha value is -0.0600. The molecule has 0 fully saturated rings. The molecule has 1 aromatic carbocycles. The van der Waals surface area contributed by atoms with Gasteiger partial charge in [-0.05, 0) is 40.4 Å². The minimum absolute atomic E-state index is 0.143. The van der Waals surface area contributed by atoms with E-state index in [1.165, 1.54) is 11.3 Å². The van der Waals surface area contributed by atoms with Crippen LogP contribution in [0.1, 0.15) is 0 Å². The fourth-order valence-corrected chi connectivity index (χ4v) is 3.11. The first-order valence-corrected chi connectivity index (χ1v) is 6.47. The van der Waals surface area contributed by atoms with Crippen molar-refractivity contribution in [1.82, 2.24) is 0 Å². The van der Waals surface area contributed by atoms with Crippen molar-refractivity contribution in [3.8, 4) is 0 Å². The van der Waals surface area contributed by atoms with E-state index in [4.69, 9.17) is 0 Å². The van der Waals surface area contributed by atoms with Crippen molar-refractivity contribution in [1.29, 1.82) is 0 Å². The van der Waals surface area contributed by atoms with Crippen molar-refractivity contribution < 1.29 is 4.39 Å². The fraction of sp³-hybridized carbons (Fsp3) is 0.111. The van der Waals surface area contributed by atoms with Crippen molar-refractivity contribution >= 4 is 49.1 Å². The summed E-state index contributed by atoms with van der Waals surface area (Å²) in [6.07, 6.45) is 1.99. The predicted molar refractivity (Wildman–Crippen MR) is 61.3 cm³/mol. The van der Waals surface area contributed by atoms with Gasteiger partial charge in [0.05, 0.1) is 0 Å². The highest BCUT2D eigenvalue weighted by Gasteiger charge is 2.09. The number of rotatable bonds is 1. The Kier molecular flexibility index (Phi) is 2.62. The summed E-state index contributed by atoms with van der Waals surface area (Å²) in [6, 6.07) is 5.85. The standard InChI is InChI=1S/C9H6BrFS2/c1-12-5-2-3-7-6(4-5)8(11)9(10)13-7/h2-4H,1H3. The summed E-state index contributed by atoms with van der Waals surface area (Å²) in [5, 5.41) is 0.712. The van der Waals surface area contributed by atoms with Gasteiger partial charge in [0.25, 0.3) is 0 Å². The van der Waals surface area contributed by atoms with E-state index >= 15 is 0 Å². The van der Waals surface area contributed by atoms with Gasteiger partial charge in [0.15, 0.2) is 5.82 Å². The second-order valence-electron chi connectivity index (χ2n) is 2.55. The predicted octanol–water partition coefficient (Wildman–Crippen LogP) is 4.52. The van der Waals surface area contributed by atoms with Crippen LogP contribution in [0, 0.1) is 5.82 Å². The molecule has 0 radical (unpaired) electrons. The van der Waals surface area contributed by atoms with E-state index in [2.05, 4.69) is 15.9 Å². The molecule has 0 aliphatic rings. The van der Waals surface area contributed by atoms with Crippen LogP contribution in [-0.2, 0) is 0 Å². The van der Waals surface area contributed by atoms with Gasteiger partial charge in [0, 0.05) is 15.0 Å². The Bertz CT molecular complexity index is 450. The summed E-state index contributed by atoms with van der Waals surface area (Å²) in [7, 11) is 0. The highest BCUT2D eigenvalue weighted by molar-refractivity contribution is 9.11. The first-order valence-electron chi connectivity index (χ1n) is 3.64. The van der Waals surface area contributed by atoms with Crippen molar-refractivity contribution in [2.45, 2.75) is 4.90 Å². The van der Waals surface area contributed by atoms with Crippen LogP contribution in [0.3, 0.4) is 0 Å². The monoisotopic (exact) mass is 276 g/mol. The maximum Gasteiger partial charge on any atom is 0.156 e. The number of hydrogen-bond acceptors (Lipinski definition) is 2. The molecule has 4 heteroatoms. The lowest BCUT2D eigenvalue weighted by Gasteiger charge is -1.94. The zero-order valence-electron chi connectivity index (χ0n) is 6.80. The summed E-state index contributed by atoms with van der Waals surface area (Å²) < 4.78 is 15.0. The number of benzene rings is 1. The van der Waals surface area contributed by atoms with Crippen LogP contribution in [0.25, 0.3) is 10.1 Å². The summed E-state index contributed by atoms with van der Waals surface area (Å²) in [4.78, 5) is 1.09. The molecule has 2 rings (SSSR count). The third-order valence-corrected chi connectivity index (χ3v) is 4.29. The molecule has 0 spiro atoms. The Labute approximate surface area is 92.3 Å². The molecule has 0 nitrogen and oxygen atoms in total. The molecule has 0 saturated heterocycles. The number of thiophene rings is 1. The highest BCUT2D eigenvalue weighted by Crippen LogP contribution is 2.35. The van der Waals surface area contributed by atoms with Gasteiger partial charge < -0.3 is 0 Å². The third-order valence-electron chi connectivity index (χ3n) is 1.80. The zero-order valence-corrected chi connectivity index (χ0v) is 10.0. The second kappa shape index (κ2) is 3.59. The van der Waals surface area contributed by atoms with Crippen LogP contribution in [-0.4, -0.2) is 6.26 Å². The van der Waals surface area contributed by atoms with Crippen LogP contribution >= 0.6 is 39.0 Å². The van der Waals surface area contributed by atoms with Gasteiger partial charge in [0.2, 0.25) is 0 Å². The van der Waals surface area contributed by atoms with Crippen molar-refractivity contribution in [2.24, 2.45) is 0 Å². The maximum atomic E-state index is 13.4. The van der Waals surface area contributed by atoms with E-state index in [0.717, 1.165) is 9.60 Å². The molecule has 1 aromatic heterocycles. The Morgan fingerprint density at radius 2 is 2.23 bits per heavy atom. The van der Waals surface area contributed by atoms with Gasteiger partial charge in [-0.1, -0.05) is 0 Å². The van der Waals surface area contributed by atoms with Crippen molar-refractivity contribution in [3.05, 3.63) is 27.8 Å². The largest absolute Gasteiger partial charge is 0.204 e. The van der Waals surface area contributed by atoms with Gasteiger partial charge in [-0.2, -0.15) is 0 Å². The van der Waals surface area contributed by atoms with Gasteiger partial charge in [-0.15, -0.1) is 23.1 Å². The molecular formula is C9H6BrFS2. The van der Waals surface area contributed by atoms with E-state index in [-0.39, 0.29) is 5.82 Å². The minimum Gasteiger partial charge on any atom is -0.204 e. The molecular weight excluding hydrogens is 271 g/mol. The van der Waals surface area contributed by atoms with Crippen LogP contribution in [0.4, 0.5) is 4.39 Å².